The van der Waals surface area contributed by atoms with Gasteiger partial charge in [0.2, 0.25) is 0 Å². The Morgan fingerprint density at radius 1 is 1.30 bits per heavy atom. The molecule has 23 heavy (non-hydrogen) atoms. The third-order valence-electron chi connectivity index (χ3n) is 5.50. The van der Waals surface area contributed by atoms with Gasteiger partial charge in [-0.1, -0.05) is 24.3 Å². The first-order chi connectivity index (χ1) is 11.3. The molecule has 4 heteroatoms. The minimum Gasteiger partial charge on any atom is -0.373 e. The van der Waals surface area contributed by atoms with Gasteiger partial charge < -0.3 is 10.1 Å². The van der Waals surface area contributed by atoms with Gasteiger partial charge in [0.15, 0.2) is 0 Å². The number of ether oxygens (including phenoxy) is 1. The molecule has 1 aromatic heterocycles. The van der Waals surface area contributed by atoms with Gasteiger partial charge in [-0.25, -0.2) is 0 Å². The molecule has 0 radical (unpaired) electrons. The number of hydrogen-bond acceptors (Lipinski definition) is 3. The summed E-state index contributed by atoms with van der Waals surface area (Å²) in [4.78, 5) is 0. The molecule has 2 atom stereocenters. The number of aryl methyl sites for hydroxylation is 1. The summed E-state index contributed by atoms with van der Waals surface area (Å²) in [5, 5.41) is 10.7. The molecule has 4 rings (SSSR count). The van der Waals surface area contributed by atoms with E-state index in [1.165, 1.54) is 29.5 Å². The van der Waals surface area contributed by atoms with Crippen molar-refractivity contribution in [3.8, 4) is 0 Å². The average molecular weight is 311 g/mol. The van der Waals surface area contributed by atoms with E-state index in [0.29, 0.717) is 12.0 Å². The zero-order valence-electron chi connectivity index (χ0n) is 13.7. The smallest absolute Gasteiger partial charge is 0.0896 e. The van der Waals surface area contributed by atoms with Crippen molar-refractivity contribution >= 4 is 0 Å². The quantitative estimate of drug-likeness (QED) is 0.890. The molecule has 1 aromatic carbocycles. The normalized spacial score (nSPS) is 30.3. The Hall–Kier alpha value is -1.65. The molecule has 2 fully saturated rings. The second-order valence-electron chi connectivity index (χ2n) is 7.00. The number of nitrogens with one attached hydrogen (secondary N) is 2. The standard InChI is InChI=1S/C19H25N3O/c1-13-4-2-3-5-18(13)15-8-17(9-15)20-10-14-6-7-23-19(14)16-11-21-22-12-16/h2-5,11-12,14-15,17,19-20H,6-10H2,1H3,(H,21,22)/t14-,15?,17?,19+/m1/s1. The molecule has 2 heterocycles. The Morgan fingerprint density at radius 3 is 2.96 bits per heavy atom. The highest BCUT2D eigenvalue weighted by atomic mass is 16.5. The van der Waals surface area contributed by atoms with Crippen molar-refractivity contribution in [1.82, 2.24) is 15.5 Å². The van der Waals surface area contributed by atoms with Crippen molar-refractivity contribution in [2.45, 2.75) is 44.2 Å². The van der Waals surface area contributed by atoms with E-state index in [1.807, 2.05) is 12.4 Å². The molecule has 0 unspecified atom stereocenters. The van der Waals surface area contributed by atoms with Crippen molar-refractivity contribution in [3.05, 3.63) is 53.3 Å². The third kappa shape index (κ3) is 3.06. The summed E-state index contributed by atoms with van der Waals surface area (Å²) in [6, 6.07) is 9.46. The fourth-order valence-electron chi connectivity index (χ4n) is 4.03. The lowest BCUT2D eigenvalue weighted by atomic mass is 9.74. The second-order valence-corrected chi connectivity index (χ2v) is 7.00. The first kappa shape index (κ1) is 14.9. The van der Waals surface area contributed by atoms with E-state index in [0.717, 1.165) is 25.5 Å². The van der Waals surface area contributed by atoms with Gasteiger partial charge in [-0.3, -0.25) is 5.10 Å². The summed E-state index contributed by atoms with van der Waals surface area (Å²) in [7, 11) is 0. The zero-order chi connectivity index (χ0) is 15.6. The van der Waals surface area contributed by atoms with Crippen LogP contribution in [-0.4, -0.2) is 29.4 Å². The number of nitrogens with zero attached hydrogens (tertiary/aromatic N) is 1. The molecule has 0 bridgehead atoms. The van der Waals surface area contributed by atoms with E-state index in [1.54, 1.807) is 0 Å². The Balaban J connectivity index is 1.28. The van der Waals surface area contributed by atoms with Gasteiger partial charge >= 0.3 is 0 Å². The van der Waals surface area contributed by atoms with Crippen LogP contribution in [0.2, 0.25) is 0 Å². The lowest BCUT2D eigenvalue weighted by Crippen LogP contribution is -2.42. The van der Waals surface area contributed by atoms with E-state index in [2.05, 4.69) is 46.7 Å². The van der Waals surface area contributed by atoms with E-state index >= 15 is 0 Å². The van der Waals surface area contributed by atoms with Crippen LogP contribution in [0.1, 0.15) is 48.0 Å². The van der Waals surface area contributed by atoms with E-state index < -0.39 is 0 Å². The number of hydrogen-bond donors (Lipinski definition) is 2. The van der Waals surface area contributed by atoms with Crippen LogP contribution in [0.4, 0.5) is 0 Å². The largest absolute Gasteiger partial charge is 0.373 e. The van der Waals surface area contributed by atoms with E-state index in [-0.39, 0.29) is 6.10 Å². The van der Waals surface area contributed by atoms with Crippen molar-refractivity contribution in [3.63, 3.8) is 0 Å². The first-order valence-corrected chi connectivity index (χ1v) is 8.70. The van der Waals surface area contributed by atoms with Crippen LogP contribution in [0, 0.1) is 12.8 Å². The molecule has 1 aliphatic carbocycles. The lowest BCUT2D eigenvalue weighted by molar-refractivity contribution is 0.0885. The number of benzene rings is 1. The zero-order valence-corrected chi connectivity index (χ0v) is 13.7. The highest BCUT2D eigenvalue weighted by Gasteiger charge is 2.34. The topological polar surface area (TPSA) is 49.9 Å². The molecular formula is C19H25N3O. The maximum absolute atomic E-state index is 5.90. The molecule has 2 N–H and O–H groups in total. The fraction of sp³-hybridized carbons (Fsp3) is 0.526. The Bertz CT molecular complexity index is 634. The van der Waals surface area contributed by atoms with Gasteiger partial charge in [0.05, 0.1) is 12.3 Å². The maximum Gasteiger partial charge on any atom is 0.0896 e. The first-order valence-electron chi connectivity index (χ1n) is 8.70. The summed E-state index contributed by atoms with van der Waals surface area (Å²) < 4.78 is 5.90. The molecule has 2 aliphatic rings. The number of rotatable bonds is 5. The van der Waals surface area contributed by atoms with Gasteiger partial charge in [-0.2, -0.15) is 5.10 Å². The molecular weight excluding hydrogens is 286 g/mol. The summed E-state index contributed by atoms with van der Waals surface area (Å²) in [6.07, 6.45) is 7.70. The Kier molecular flexibility index (Phi) is 4.19. The Morgan fingerprint density at radius 2 is 2.17 bits per heavy atom. The van der Waals surface area contributed by atoms with E-state index in [4.69, 9.17) is 4.74 Å². The number of aromatic nitrogens is 2. The van der Waals surface area contributed by atoms with Crippen molar-refractivity contribution in [1.29, 1.82) is 0 Å². The van der Waals surface area contributed by atoms with Gasteiger partial charge in [0.1, 0.15) is 0 Å². The minimum absolute atomic E-state index is 0.202. The van der Waals surface area contributed by atoms with Crippen molar-refractivity contribution in [2.75, 3.05) is 13.2 Å². The third-order valence-corrected chi connectivity index (χ3v) is 5.50. The predicted molar refractivity (Wildman–Crippen MR) is 90.3 cm³/mol. The van der Waals surface area contributed by atoms with Crippen LogP contribution in [0.5, 0.6) is 0 Å². The van der Waals surface area contributed by atoms with Crippen LogP contribution in [0.15, 0.2) is 36.7 Å². The van der Waals surface area contributed by atoms with Crippen LogP contribution in [0.3, 0.4) is 0 Å². The summed E-state index contributed by atoms with van der Waals surface area (Å²) in [5.41, 5.74) is 4.15. The molecule has 1 aliphatic heterocycles. The molecule has 1 saturated carbocycles. The number of aromatic amines is 1. The van der Waals surface area contributed by atoms with Gasteiger partial charge in [-0.05, 0) is 43.2 Å². The molecule has 2 aromatic rings. The monoisotopic (exact) mass is 311 g/mol. The summed E-state index contributed by atoms with van der Waals surface area (Å²) >= 11 is 0. The highest BCUT2D eigenvalue weighted by Crippen LogP contribution is 2.39. The Labute approximate surface area is 137 Å². The van der Waals surface area contributed by atoms with Crippen molar-refractivity contribution < 1.29 is 4.74 Å². The molecule has 0 spiro atoms. The van der Waals surface area contributed by atoms with Crippen molar-refractivity contribution in [2.24, 2.45) is 5.92 Å². The van der Waals surface area contributed by atoms with Crippen LogP contribution in [0.25, 0.3) is 0 Å². The van der Waals surface area contributed by atoms with Crippen LogP contribution < -0.4 is 5.32 Å². The fourth-order valence-corrected chi connectivity index (χ4v) is 4.03. The summed E-state index contributed by atoms with van der Waals surface area (Å²) in [6.45, 7) is 4.13. The molecule has 122 valence electrons. The minimum atomic E-state index is 0.202. The van der Waals surface area contributed by atoms with Gasteiger partial charge in [-0.15, -0.1) is 0 Å². The second kappa shape index (κ2) is 6.46. The molecule has 4 nitrogen and oxygen atoms in total. The van der Waals surface area contributed by atoms with Gasteiger partial charge in [0.25, 0.3) is 0 Å². The number of H-pyrrole nitrogens is 1. The van der Waals surface area contributed by atoms with E-state index in [9.17, 15) is 0 Å². The predicted octanol–water partition coefficient (Wildman–Crippen LogP) is 3.33. The maximum atomic E-state index is 5.90. The SMILES string of the molecule is Cc1ccccc1C1CC(NC[C@H]2CCO[C@@H]2c2cn[nH]c2)C1. The lowest BCUT2D eigenvalue weighted by Gasteiger charge is -2.38. The van der Waals surface area contributed by atoms with Gasteiger partial charge in [0, 0.05) is 36.9 Å². The molecule has 0 amide bonds. The molecule has 1 saturated heterocycles. The summed E-state index contributed by atoms with van der Waals surface area (Å²) in [5.74, 6) is 1.29. The van der Waals surface area contributed by atoms with Crippen LogP contribution in [-0.2, 0) is 4.74 Å². The average Bonchev–Trinajstić information content (AvgIpc) is 3.17. The highest BCUT2D eigenvalue weighted by molar-refractivity contribution is 5.31. The van der Waals surface area contributed by atoms with Crippen LogP contribution >= 0.6 is 0 Å².